The van der Waals surface area contributed by atoms with Gasteiger partial charge in [0.15, 0.2) is 0 Å². The van der Waals surface area contributed by atoms with Crippen LogP contribution >= 0.6 is 0 Å². The number of aliphatic hydroxyl groups excluding tert-OH is 1. The summed E-state index contributed by atoms with van der Waals surface area (Å²) in [6, 6.07) is 0. The maximum atomic E-state index is 12.1. The van der Waals surface area contributed by atoms with Gasteiger partial charge in [-0.15, -0.1) is 0 Å². The van der Waals surface area contributed by atoms with Gasteiger partial charge >= 0.3 is 5.97 Å². The summed E-state index contributed by atoms with van der Waals surface area (Å²) >= 11 is 0. The summed E-state index contributed by atoms with van der Waals surface area (Å²) in [5, 5.41) is 11.9. The Kier molecular flexibility index (Phi) is 7.97. The minimum absolute atomic E-state index is 0.0453. The van der Waals surface area contributed by atoms with Gasteiger partial charge in [0.05, 0.1) is 12.6 Å². The lowest BCUT2D eigenvalue weighted by Gasteiger charge is -2.60. The molecule has 1 fully saturated rings. The number of allylic oxidation sites excluding steroid dienone is 4. The Balaban J connectivity index is 1.57. The van der Waals surface area contributed by atoms with Crippen LogP contribution in [-0.4, -0.2) is 29.8 Å². The van der Waals surface area contributed by atoms with Gasteiger partial charge in [0.25, 0.3) is 0 Å². The predicted molar refractivity (Wildman–Crippen MR) is 152 cm³/mol. The number of ether oxygens (including phenoxy) is 1. The van der Waals surface area contributed by atoms with E-state index in [1.54, 1.807) is 5.57 Å². The fourth-order valence-electron chi connectivity index (χ4n) is 9.43. The maximum Gasteiger partial charge on any atom is 0.319 e. The van der Waals surface area contributed by atoms with E-state index < -0.39 is 6.10 Å². The van der Waals surface area contributed by atoms with Crippen molar-refractivity contribution in [2.45, 2.75) is 118 Å². The van der Waals surface area contributed by atoms with Crippen LogP contribution in [0.3, 0.4) is 0 Å². The van der Waals surface area contributed by atoms with E-state index in [0.717, 1.165) is 51.4 Å². The van der Waals surface area contributed by atoms with Gasteiger partial charge < -0.3 is 15.6 Å². The molecule has 0 spiro atoms. The average molecular weight is 512 g/mol. The Bertz CT molecular complexity index is 974. The van der Waals surface area contributed by atoms with Crippen molar-refractivity contribution in [1.82, 2.24) is 0 Å². The molecule has 0 aromatic carbocycles. The van der Waals surface area contributed by atoms with Crippen molar-refractivity contribution in [3.8, 4) is 0 Å². The Morgan fingerprint density at radius 1 is 1.19 bits per heavy atom. The van der Waals surface area contributed by atoms with Gasteiger partial charge in [-0.25, -0.2) is 0 Å². The second-order valence-corrected chi connectivity index (χ2v) is 14.4. The quantitative estimate of drug-likeness (QED) is 0.269. The topological polar surface area (TPSA) is 72.5 Å². The summed E-state index contributed by atoms with van der Waals surface area (Å²) in [4.78, 5) is 12.1. The van der Waals surface area contributed by atoms with E-state index in [-0.39, 0.29) is 34.9 Å². The zero-order chi connectivity index (χ0) is 27.3. The lowest BCUT2D eigenvalue weighted by atomic mass is 9.46. The zero-order valence-corrected chi connectivity index (χ0v) is 24.7. The fourth-order valence-corrected chi connectivity index (χ4v) is 9.43. The molecule has 4 aliphatic rings. The molecule has 5 unspecified atom stereocenters. The van der Waals surface area contributed by atoms with E-state index in [4.69, 9.17) is 10.5 Å². The number of hydrogen-bond acceptors (Lipinski definition) is 4. The molecule has 0 heterocycles. The molecular weight excluding hydrogens is 458 g/mol. The minimum atomic E-state index is -0.396. The number of aliphatic hydroxyl groups is 1. The molecule has 3 N–H and O–H groups in total. The summed E-state index contributed by atoms with van der Waals surface area (Å²) in [6.45, 7) is 20.6. The summed E-state index contributed by atoms with van der Waals surface area (Å²) in [7, 11) is 0. The summed E-state index contributed by atoms with van der Waals surface area (Å²) in [5.41, 5.74) is 11.1. The molecule has 4 heteroatoms. The Labute approximate surface area is 226 Å². The molecule has 0 bridgehead atoms. The van der Waals surface area contributed by atoms with Crippen LogP contribution in [-0.2, 0) is 9.53 Å². The third-order valence-electron chi connectivity index (χ3n) is 11.1. The second kappa shape index (κ2) is 10.3. The standard InChI is InChI=1S/C33H53NO3/c1-20(2)17-21(3)9-10-22(4)24-12-13-25-23-11-14-27-31(5,6)28(37-29(36)19-34)15-16-32(27,7)30(23)26(35)18-33(24,25)8/h13,20,22,24,26-28,35H,3,9-12,14-19,34H2,1-2,4-8H3/t22-,24?,26?,27?,28+,32?,33?/m1/s1. The van der Waals surface area contributed by atoms with Crippen LogP contribution in [0.4, 0.5) is 0 Å². The summed E-state index contributed by atoms with van der Waals surface area (Å²) in [5.74, 6) is 1.91. The second-order valence-electron chi connectivity index (χ2n) is 14.4. The molecule has 4 aliphatic carbocycles. The molecule has 0 saturated heterocycles. The lowest BCUT2D eigenvalue weighted by Crippen LogP contribution is -2.56. The Morgan fingerprint density at radius 2 is 1.89 bits per heavy atom. The van der Waals surface area contributed by atoms with Crippen molar-refractivity contribution in [2.24, 2.45) is 45.7 Å². The normalized spacial score (nSPS) is 37.4. The minimum Gasteiger partial charge on any atom is -0.461 e. The monoisotopic (exact) mass is 511 g/mol. The van der Waals surface area contributed by atoms with Crippen LogP contribution in [0.2, 0.25) is 0 Å². The fraction of sp³-hybridized carbons (Fsp3) is 0.788. The molecule has 0 radical (unpaired) electrons. The first kappa shape index (κ1) is 28.6. The highest BCUT2D eigenvalue weighted by molar-refractivity contribution is 5.71. The number of fused-ring (bicyclic) bond motifs is 4. The third-order valence-corrected chi connectivity index (χ3v) is 11.1. The van der Waals surface area contributed by atoms with Crippen LogP contribution in [0, 0.1) is 39.9 Å². The molecule has 0 aromatic rings. The smallest absolute Gasteiger partial charge is 0.319 e. The van der Waals surface area contributed by atoms with Crippen LogP contribution in [0.15, 0.2) is 34.9 Å². The first-order valence-corrected chi connectivity index (χ1v) is 14.9. The van der Waals surface area contributed by atoms with Gasteiger partial charge in [-0.1, -0.05) is 66.7 Å². The average Bonchev–Trinajstić information content (AvgIpc) is 3.15. The van der Waals surface area contributed by atoms with Crippen molar-refractivity contribution in [3.05, 3.63) is 34.9 Å². The maximum absolute atomic E-state index is 12.1. The molecule has 0 aromatic heterocycles. The largest absolute Gasteiger partial charge is 0.461 e. The van der Waals surface area contributed by atoms with Gasteiger partial charge in [0.2, 0.25) is 0 Å². The molecular formula is C33H53NO3. The van der Waals surface area contributed by atoms with Crippen LogP contribution in [0.25, 0.3) is 0 Å². The molecule has 1 saturated carbocycles. The van der Waals surface area contributed by atoms with E-state index in [2.05, 4.69) is 61.1 Å². The van der Waals surface area contributed by atoms with Crippen LogP contribution < -0.4 is 5.73 Å². The molecule has 37 heavy (non-hydrogen) atoms. The zero-order valence-electron chi connectivity index (χ0n) is 24.7. The number of hydrogen-bond donors (Lipinski definition) is 2. The molecule has 0 aliphatic heterocycles. The van der Waals surface area contributed by atoms with E-state index in [1.807, 2.05) is 0 Å². The number of carbonyl (C=O) groups is 1. The SMILES string of the molecule is C=C(CC[C@@H](C)C1CC=C2C3=C(C(O)CC21C)C1(C)CC[C@H](OC(=O)CN)C(C)(C)C1CC3)CC(C)C. The van der Waals surface area contributed by atoms with E-state index in [1.165, 1.54) is 23.1 Å². The van der Waals surface area contributed by atoms with Gasteiger partial charge in [-0.2, -0.15) is 0 Å². The highest BCUT2D eigenvalue weighted by Gasteiger charge is 2.60. The Morgan fingerprint density at radius 3 is 2.54 bits per heavy atom. The van der Waals surface area contributed by atoms with Crippen molar-refractivity contribution >= 4 is 5.97 Å². The van der Waals surface area contributed by atoms with Crippen LogP contribution in [0.1, 0.15) is 106 Å². The molecule has 4 nitrogen and oxygen atoms in total. The van der Waals surface area contributed by atoms with Crippen molar-refractivity contribution in [2.75, 3.05) is 6.54 Å². The van der Waals surface area contributed by atoms with E-state index in [9.17, 15) is 9.90 Å². The van der Waals surface area contributed by atoms with Crippen molar-refractivity contribution in [1.29, 1.82) is 0 Å². The van der Waals surface area contributed by atoms with Crippen molar-refractivity contribution in [3.63, 3.8) is 0 Å². The number of rotatable bonds is 8. The summed E-state index contributed by atoms with van der Waals surface area (Å²) in [6.07, 6.45) is 11.3. The first-order chi connectivity index (χ1) is 17.3. The molecule has 7 atom stereocenters. The Hall–Kier alpha value is -1.39. The first-order valence-electron chi connectivity index (χ1n) is 14.9. The van der Waals surface area contributed by atoms with E-state index >= 15 is 0 Å². The number of nitrogens with two attached hydrogens (primary N) is 1. The van der Waals surface area contributed by atoms with Crippen LogP contribution in [0.5, 0.6) is 0 Å². The van der Waals surface area contributed by atoms with Gasteiger partial charge in [0, 0.05) is 5.41 Å². The molecule has 208 valence electrons. The highest BCUT2D eigenvalue weighted by atomic mass is 16.5. The highest BCUT2D eigenvalue weighted by Crippen LogP contribution is 2.67. The van der Waals surface area contributed by atoms with Gasteiger partial charge in [-0.05, 0) is 109 Å². The number of carbonyl (C=O) groups excluding carboxylic acids is 1. The number of esters is 1. The lowest BCUT2D eigenvalue weighted by molar-refractivity contribution is -0.168. The predicted octanol–water partition coefficient (Wildman–Crippen LogP) is 7.13. The summed E-state index contributed by atoms with van der Waals surface area (Å²) < 4.78 is 5.84. The van der Waals surface area contributed by atoms with E-state index in [0.29, 0.717) is 23.7 Å². The molecule has 4 rings (SSSR count). The van der Waals surface area contributed by atoms with Gasteiger partial charge in [0.1, 0.15) is 6.10 Å². The third kappa shape index (κ3) is 4.91. The van der Waals surface area contributed by atoms with Crippen molar-refractivity contribution < 1.29 is 14.6 Å². The molecule has 0 amide bonds. The van der Waals surface area contributed by atoms with Gasteiger partial charge in [-0.3, -0.25) is 4.79 Å².